The van der Waals surface area contributed by atoms with Crippen LogP contribution in [0.1, 0.15) is 5.56 Å². The van der Waals surface area contributed by atoms with E-state index >= 15 is 0 Å². The zero-order valence-corrected chi connectivity index (χ0v) is 16.7. The number of nitrogens with one attached hydrogen (secondary N) is 2. The van der Waals surface area contributed by atoms with Crippen molar-refractivity contribution < 1.29 is 9.13 Å². The number of rotatable bonds is 5. The van der Waals surface area contributed by atoms with E-state index in [1.807, 2.05) is 54.6 Å². The van der Waals surface area contributed by atoms with Gasteiger partial charge in [-0.15, -0.1) is 0 Å². The van der Waals surface area contributed by atoms with Crippen LogP contribution in [0.5, 0.6) is 11.5 Å². The average molecular weight is 415 g/mol. The minimum absolute atomic E-state index is 0.300. The summed E-state index contributed by atoms with van der Waals surface area (Å²) >= 11 is 5.16. The minimum atomic E-state index is -0.300. The van der Waals surface area contributed by atoms with Crippen molar-refractivity contribution in [3.05, 3.63) is 102 Å². The molecule has 6 heteroatoms. The first-order chi connectivity index (χ1) is 14.7. The van der Waals surface area contributed by atoms with Gasteiger partial charge in [-0.2, -0.15) is 5.10 Å². The van der Waals surface area contributed by atoms with Crippen molar-refractivity contribution in [1.29, 1.82) is 0 Å². The van der Waals surface area contributed by atoms with E-state index in [1.54, 1.807) is 18.3 Å². The molecule has 0 fully saturated rings. The maximum absolute atomic E-state index is 12.9. The topological polar surface area (TPSA) is 45.7 Å². The fourth-order valence-electron chi connectivity index (χ4n) is 2.85. The van der Waals surface area contributed by atoms with Crippen LogP contribution < -0.4 is 15.5 Å². The van der Waals surface area contributed by atoms with Gasteiger partial charge < -0.3 is 10.1 Å². The molecule has 4 rings (SSSR count). The van der Waals surface area contributed by atoms with E-state index < -0.39 is 0 Å². The zero-order chi connectivity index (χ0) is 20.8. The molecule has 0 heterocycles. The molecule has 0 aliphatic rings. The monoisotopic (exact) mass is 415 g/mol. The predicted molar refractivity (Wildman–Crippen MR) is 124 cm³/mol. The Morgan fingerprint density at radius 2 is 1.53 bits per heavy atom. The molecule has 0 amide bonds. The van der Waals surface area contributed by atoms with Gasteiger partial charge in [0.05, 0.1) is 6.21 Å². The van der Waals surface area contributed by atoms with Crippen LogP contribution in [-0.4, -0.2) is 11.3 Å². The number of benzene rings is 4. The Balaban J connectivity index is 1.32. The zero-order valence-electron chi connectivity index (χ0n) is 15.9. The van der Waals surface area contributed by atoms with Crippen molar-refractivity contribution in [2.24, 2.45) is 5.10 Å². The van der Waals surface area contributed by atoms with E-state index in [1.165, 1.54) is 17.5 Å². The van der Waals surface area contributed by atoms with Gasteiger partial charge in [-0.3, -0.25) is 5.43 Å². The Morgan fingerprint density at radius 3 is 2.30 bits per heavy atom. The van der Waals surface area contributed by atoms with Gasteiger partial charge in [0.25, 0.3) is 0 Å². The second-order valence-electron chi connectivity index (χ2n) is 6.51. The van der Waals surface area contributed by atoms with Crippen LogP contribution in [0.15, 0.2) is 96.1 Å². The Labute approximate surface area is 179 Å². The van der Waals surface area contributed by atoms with Crippen molar-refractivity contribution >= 4 is 40.0 Å². The first-order valence-electron chi connectivity index (χ1n) is 9.28. The first-order valence-corrected chi connectivity index (χ1v) is 9.69. The highest BCUT2D eigenvalue weighted by Crippen LogP contribution is 2.25. The quantitative estimate of drug-likeness (QED) is 0.235. The molecule has 0 radical (unpaired) electrons. The lowest BCUT2D eigenvalue weighted by Gasteiger charge is -2.08. The van der Waals surface area contributed by atoms with Gasteiger partial charge >= 0.3 is 0 Å². The SMILES string of the molecule is Fc1ccc(NC(=S)N/N=C/c2ccc(Oc3ccc4ccccc4c3)cc2)cc1. The fourth-order valence-corrected chi connectivity index (χ4v) is 3.02. The highest BCUT2D eigenvalue weighted by molar-refractivity contribution is 7.80. The van der Waals surface area contributed by atoms with E-state index in [0.717, 1.165) is 22.4 Å². The third-order valence-electron chi connectivity index (χ3n) is 4.32. The van der Waals surface area contributed by atoms with E-state index in [0.29, 0.717) is 10.8 Å². The van der Waals surface area contributed by atoms with Crippen LogP contribution in [0.4, 0.5) is 10.1 Å². The van der Waals surface area contributed by atoms with Crippen LogP contribution in [-0.2, 0) is 0 Å². The molecule has 0 aliphatic heterocycles. The van der Waals surface area contributed by atoms with Gasteiger partial charge in [-0.1, -0.05) is 30.3 Å². The molecule has 0 aliphatic carbocycles. The highest BCUT2D eigenvalue weighted by Gasteiger charge is 2.00. The molecule has 4 aromatic carbocycles. The normalized spacial score (nSPS) is 10.8. The lowest BCUT2D eigenvalue weighted by atomic mass is 10.1. The van der Waals surface area contributed by atoms with Gasteiger partial charge in [-0.05, 0) is 89.2 Å². The Bertz CT molecular complexity index is 1190. The molecular formula is C24H18FN3OS. The molecule has 0 saturated carbocycles. The summed E-state index contributed by atoms with van der Waals surface area (Å²) in [5, 5.41) is 9.66. The fraction of sp³-hybridized carbons (Fsp3) is 0. The molecule has 30 heavy (non-hydrogen) atoms. The van der Waals surface area contributed by atoms with Gasteiger partial charge in [0.2, 0.25) is 0 Å². The highest BCUT2D eigenvalue weighted by atomic mass is 32.1. The molecule has 0 spiro atoms. The number of fused-ring (bicyclic) bond motifs is 1. The lowest BCUT2D eigenvalue weighted by Crippen LogP contribution is -2.23. The van der Waals surface area contributed by atoms with Crippen molar-refractivity contribution in [2.75, 3.05) is 5.32 Å². The number of ether oxygens (including phenoxy) is 1. The van der Waals surface area contributed by atoms with Crippen molar-refractivity contribution in [3.8, 4) is 11.5 Å². The summed E-state index contributed by atoms with van der Waals surface area (Å²) in [5.41, 5.74) is 4.30. The molecule has 0 bridgehead atoms. The van der Waals surface area contributed by atoms with Gasteiger partial charge in [0, 0.05) is 5.69 Å². The number of nitrogens with zero attached hydrogens (tertiary/aromatic N) is 1. The van der Waals surface area contributed by atoms with Crippen LogP contribution in [0.3, 0.4) is 0 Å². The number of anilines is 1. The number of hydrazone groups is 1. The van der Waals surface area contributed by atoms with Crippen LogP contribution >= 0.6 is 12.2 Å². The summed E-state index contributed by atoms with van der Waals surface area (Å²) in [6.07, 6.45) is 1.65. The molecule has 0 aromatic heterocycles. The van der Waals surface area contributed by atoms with Gasteiger partial charge in [-0.25, -0.2) is 4.39 Å². The molecule has 0 saturated heterocycles. The van der Waals surface area contributed by atoms with Crippen LogP contribution in [0, 0.1) is 5.82 Å². The number of thiocarbonyl (C=S) groups is 1. The Hall–Kier alpha value is -3.77. The summed E-state index contributed by atoms with van der Waals surface area (Å²) in [5.74, 6) is 1.23. The molecule has 2 N–H and O–H groups in total. The Morgan fingerprint density at radius 1 is 0.833 bits per heavy atom. The smallest absolute Gasteiger partial charge is 0.191 e. The van der Waals surface area contributed by atoms with E-state index in [9.17, 15) is 4.39 Å². The maximum atomic E-state index is 12.9. The molecule has 0 unspecified atom stereocenters. The predicted octanol–water partition coefficient (Wildman–Crippen LogP) is 6.09. The second kappa shape index (κ2) is 9.15. The molecule has 0 atom stereocenters. The standard InChI is InChI=1S/C24H18FN3OS/c25-20-8-10-21(11-9-20)27-24(30)28-26-16-17-5-12-22(13-6-17)29-23-14-7-18-3-1-2-4-19(18)15-23/h1-16H,(H2,27,28,30)/b26-16+. The van der Waals surface area contributed by atoms with Crippen molar-refractivity contribution in [3.63, 3.8) is 0 Å². The second-order valence-corrected chi connectivity index (χ2v) is 6.92. The van der Waals surface area contributed by atoms with Gasteiger partial charge in [0.1, 0.15) is 17.3 Å². The van der Waals surface area contributed by atoms with Crippen molar-refractivity contribution in [2.45, 2.75) is 0 Å². The van der Waals surface area contributed by atoms with E-state index in [2.05, 4.69) is 28.0 Å². The van der Waals surface area contributed by atoms with Crippen LogP contribution in [0.25, 0.3) is 10.8 Å². The summed E-state index contributed by atoms with van der Waals surface area (Å²) < 4.78 is 18.9. The third kappa shape index (κ3) is 5.18. The summed E-state index contributed by atoms with van der Waals surface area (Å²) in [4.78, 5) is 0. The van der Waals surface area contributed by atoms with Gasteiger partial charge in [0.15, 0.2) is 5.11 Å². The minimum Gasteiger partial charge on any atom is -0.457 e. The molecule has 4 aromatic rings. The molecular weight excluding hydrogens is 397 g/mol. The summed E-state index contributed by atoms with van der Waals surface area (Å²) in [6, 6.07) is 27.6. The lowest BCUT2D eigenvalue weighted by molar-refractivity contribution is 0.483. The summed E-state index contributed by atoms with van der Waals surface area (Å²) in [6.45, 7) is 0. The largest absolute Gasteiger partial charge is 0.457 e. The van der Waals surface area contributed by atoms with Crippen LogP contribution in [0.2, 0.25) is 0 Å². The molecule has 148 valence electrons. The number of halogens is 1. The number of hydrogen-bond acceptors (Lipinski definition) is 3. The Kier molecular flexibility index (Phi) is 5.96. The van der Waals surface area contributed by atoms with Crippen molar-refractivity contribution in [1.82, 2.24) is 5.43 Å². The first kappa shape index (κ1) is 19.5. The molecule has 4 nitrogen and oxygen atoms in total. The number of hydrogen-bond donors (Lipinski definition) is 2. The summed E-state index contributed by atoms with van der Waals surface area (Å²) in [7, 11) is 0. The third-order valence-corrected chi connectivity index (χ3v) is 4.51. The van der Waals surface area contributed by atoms with E-state index in [4.69, 9.17) is 17.0 Å². The maximum Gasteiger partial charge on any atom is 0.191 e. The average Bonchev–Trinajstić information content (AvgIpc) is 2.76. The van der Waals surface area contributed by atoms with E-state index in [-0.39, 0.29) is 5.82 Å².